The second-order valence-electron chi connectivity index (χ2n) is 6.79. The largest absolute Gasteiger partial charge is 0.493 e. The normalized spacial score (nSPS) is 11.4. The van der Waals surface area contributed by atoms with Crippen LogP contribution in [0.15, 0.2) is 45.4 Å². The van der Waals surface area contributed by atoms with Gasteiger partial charge in [-0.25, -0.2) is 18.8 Å². The van der Waals surface area contributed by atoms with Crippen LogP contribution in [0.5, 0.6) is 17.2 Å². The summed E-state index contributed by atoms with van der Waals surface area (Å²) in [6.07, 6.45) is 2.74. The maximum Gasteiger partial charge on any atom is 0.308 e. The Labute approximate surface area is 199 Å². The van der Waals surface area contributed by atoms with Crippen molar-refractivity contribution in [3.05, 3.63) is 57.9 Å². The molecule has 0 bridgehead atoms. The number of amides is 1. The van der Waals surface area contributed by atoms with Crippen molar-refractivity contribution in [2.24, 2.45) is 5.10 Å². The Morgan fingerprint density at radius 1 is 1.21 bits per heavy atom. The first kappa shape index (κ1) is 24.9. The molecule has 3 aromatic rings. The highest BCUT2D eigenvalue weighted by Gasteiger charge is 2.19. The number of rotatable bonds is 10. The van der Waals surface area contributed by atoms with Gasteiger partial charge in [-0.1, -0.05) is 0 Å². The first-order valence-corrected chi connectivity index (χ1v) is 12.4. The number of sulfone groups is 1. The number of furan rings is 1. The molecule has 0 saturated heterocycles. The fourth-order valence-corrected chi connectivity index (χ4v) is 5.28. The van der Waals surface area contributed by atoms with Crippen LogP contribution in [-0.2, 0) is 26.1 Å². The molecule has 13 heteroatoms. The van der Waals surface area contributed by atoms with Crippen molar-refractivity contribution in [1.29, 1.82) is 0 Å². The number of hydrogen-bond donors (Lipinski definition) is 1. The molecule has 1 N–H and O–H groups in total. The Balaban J connectivity index is 1.65. The third kappa shape index (κ3) is 6.65. The van der Waals surface area contributed by atoms with Gasteiger partial charge >= 0.3 is 5.97 Å². The Morgan fingerprint density at radius 2 is 1.91 bits per heavy atom. The van der Waals surface area contributed by atoms with E-state index in [1.807, 2.05) is 0 Å². The first-order valence-electron chi connectivity index (χ1n) is 9.66. The lowest BCUT2D eigenvalue weighted by Crippen LogP contribution is -2.18. The van der Waals surface area contributed by atoms with Crippen molar-refractivity contribution < 1.29 is 36.6 Å². The molecule has 180 valence electrons. The van der Waals surface area contributed by atoms with E-state index in [4.69, 9.17) is 18.6 Å². The molecule has 0 aliphatic rings. The molecule has 2 heterocycles. The number of aromatic nitrogens is 1. The zero-order valence-corrected chi connectivity index (χ0v) is 20.1. The number of thiazole rings is 1. The summed E-state index contributed by atoms with van der Waals surface area (Å²) in [6, 6.07) is 6.27. The maximum atomic E-state index is 12.3. The molecule has 3 rings (SSSR count). The number of hydrogen-bond acceptors (Lipinski definition) is 11. The fraction of sp³-hybridized carbons (Fsp3) is 0.238. The van der Waals surface area contributed by atoms with Crippen molar-refractivity contribution >= 4 is 39.3 Å². The SMILES string of the molecule is COc1cc(/C=N/NC(=O)c2csc(CS(=O)(=O)Cc3ccco3)n2)cc(OC)c1OC(C)=O. The molecular formula is C21H21N3O8S2. The number of benzene rings is 1. The predicted molar refractivity (Wildman–Crippen MR) is 123 cm³/mol. The van der Waals surface area contributed by atoms with Gasteiger partial charge in [-0.05, 0) is 24.3 Å². The summed E-state index contributed by atoms with van der Waals surface area (Å²) in [5.41, 5.74) is 2.85. The van der Waals surface area contributed by atoms with E-state index in [1.165, 1.54) is 39.0 Å². The minimum absolute atomic E-state index is 0.0331. The summed E-state index contributed by atoms with van der Waals surface area (Å²) in [6.45, 7) is 1.25. The number of esters is 1. The maximum absolute atomic E-state index is 12.3. The van der Waals surface area contributed by atoms with Crippen LogP contribution in [0.4, 0.5) is 0 Å². The molecule has 34 heavy (non-hydrogen) atoms. The number of nitrogens with zero attached hydrogens (tertiary/aromatic N) is 2. The number of carbonyl (C=O) groups excluding carboxylic acids is 2. The smallest absolute Gasteiger partial charge is 0.308 e. The van der Waals surface area contributed by atoms with Gasteiger partial charge in [0, 0.05) is 17.9 Å². The Hall–Kier alpha value is -3.71. The van der Waals surface area contributed by atoms with Gasteiger partial charge in [0.15, 0.2) is 21.3 Å². The third-order valence-electron chi connectivity index (χ3n) is 4.18. The van der Waals surface area contributed by atoms with Crippen molar-refractivity contribution in [2.75, 3.05) is 14.2 Å². The average molecular weight is 508 g/mol. The average Bonchev–Trinajstić information content (AvgIpc) is 3.45. The molecule has 0 aliphatic heterocycles. The van der Waals surface area contributed by atoms with Gasteiger partial charge in [0.1, 0.15) is 28.0 Å². The molecule has 2 aromatic heterocycles. The van der Waals surface area contributed by atoms with Gasteiger partial charge in [0.05, 0.1) is 26.7 Å². The van der Waals surface area contributed by atoms with Gasteiger partial charge in [-0.15, -0.1) is 11.3 Å². The van der Waals surface area contributed by atoms with E-state index in [9.17, 15) is 18.0 Å². The fourth-order valence-electron chi connectivity index (χ4n) is 2.77. The van der Waals surface area contributed by atoms with Gasteiger partial charge in [0.2, 0.25) is 5.75 Å². The molecule has 0 aliphatic carbocycles. The van der Waals surface area contributed by atoms with Crippen LogP contribution < -0.4 is 19.6 Å². The van der Waals surface area contributed by atoms with E-state index in [-0.39, 0.29) is 39.5 Å². The van der Waals surface area contributed by atoms with Crippen molar-refractivity contribution in [1.82, 2.24) is 10.4 Å². The number of nitrogens with one attached hydrogen (secondary N) is 1. The van der Waals surface area contributed by atoms with Crippen LogP contribution in [0.1, 0.15) is 33.7 Å². The molecule has 0 unspecified atom stereocenters. The van der Waals surface area contributed by atoms with Crippen LogP contribution in [-0.4, -0.2) is 45.7 Å². The first-order chi connectivity index (χ1) is 16.2. The van der Waals surface area contributed by atoms with E-state index < -0.39 is 21.7 Å². The van der Waals surface area contributed by atoms with E-state index >= 15 is 0 Å². The lowest BCUT2D eigenvalue weighted by Gasteiger charge is -2.13. The number of methoxy groups -OCH3 is 2. The zero-order chi connectivity index (χ0) is 24.7. The molecule has 0 radical (unpaired) electrons. The molecular weight excluding hydrogens is 486 g/mol. The van der Waals surface area contributed by atoms with Crippen LogP contribution in [0, 0.1) is 0 Å². The van der Waals surface area contributed by atoms with Gasteiger partial charge in [-0.3, -0.25) is 9.59 Å². The highest BCUT2D eigenvalue weighted by Crippen LogP contribution is 2.38. The summed E-state index contributed by atoms with van der Waals surface area (Å²) >= 11 is 1.06. The van der Waals surface area contributed by atoms with Crippen molar-refractivity contribution in [3.63, 3.8) is 0 Å². The van der Waals surface area contributed by atoms with Crippen LogP contribution >= 0.6 is 11.3 Å². The third-order valence-corrected chi connectivity index (χ3v) is 6.65. The summed E-state index contributed by atoms with van der Waals surface area (Å²) in [5, 5.41) is 5.60. The molecule has 1 aromatic carbocycles. The van der Waals surface area contributed by atoms with Gasteiger partial charge < -0.3 is 18.6 Å². The summed E-state index contributed by atoms with van der Waals surface area (Å²) < 4.78 is 45.2. The Morgan fingerprint density at radius 3 is 2.50 bits per heavy atom. The predicted octanol–water partition coefficient (Wildman–Crippen LogP) is 2.56. The lowest BCUT2D eigenvalue weighted by molar-refractivity contribution is -0.132. The van der Waals surface area contributed by atoms with Crippen LogP contribution in [0.3, 0.4) is 0 Å². The number of hydrazone groups is 1. The Bertz CT molecular complexity index is 1270. The van der Waals surface area contributed by atoms with E-state index in [0.29, 0.717) is 11.3 Å². The number of carbonyl (C=O) groups is 2. The standard InChI is InChI=1S/C21H21N3O8S2/c1-13(25)32-20-17(29-2)7-14(8-18(20)30-3)9-22-24-21(26)16-10-33-19(23-16)12-34(27,28)11-15-5-4-6-31-15/h4-10H,11-12H2,1-3H3,(H,24,26)/b22-9+. The highest BCUT2D eigenvalue weighted by molar-refractivity contribution is 7.89. The zero-order valence-electron chi connectivity index (χ0n) is 18.4. The highest BCUT2D eigenvalue weighted by atomic mass is 32.2. The van der Waals surface area contributed by atoms with Gasteiger partial charge in [-0.2, -0.15) is 5.10 Å². The minimum Gasteiger partial charge on any atom is -0.493 e. The van der Waals surface area contributed by atoms with E-state index in [2.05, 4.69) is 15.5 Å². The second kappa shape index (κ2) is 10.9. The second-order valence-corrected chi connectivity index (χ2v) is 9.79. The summed E-state index contributed by atoms with van der Waals surface area (Å²) in [5.74, 6) is -0.796. The minimum atomic E-state index is -3.51. The quantitative estimate of drug-likeness (QED) is 0.189. The molecule has 0 atom stereocenters. The monoisotopic (exact) mass is 507 g/mol. The molecule has 0 fully saturated rings. The lowest BCUT2D eigenvalue weighted by atomic mass is 10.2. The van der Waals surface area contributed by atoms with Crippen molar-refractivity contribution in [3.8, 4) is 17.2 Å². The van der Waals surface area contributed by atoms with Crippen LogP contribution in [0.2, 0.25) is 0 Å². The molecule has 0 saturated carbocycles. The van der Waals surface area contributed by atoms with E-state index in [1.54, 1.807) is 24.3 Å². The Kier molecular flexibility index (Phi) is 8.02. The molecule has 11 nitrogen and oxygen atoms in total. The summed E-state index contributed by atoms with van der Waals surface area (Å²) in [4.78, 5) is 27.7. The molecule has 0 spiro atoms. The summed E-state index contributed by atoms with van der Waals surface area (Å²) in [7, 11) is -0.706. The van der Waals surface area contributed by atoms with Crippen molar-refractivity contribution in [2.45, 2.75) is 18.4 Å². The number of ether oxygens (including phenoxy) is 3. The molecule has 1 amide bonds. The van der Waals surface area contributed by atoms with Crippen LogP contribution in [0.25, 0.3) is 0 Å². The van der Waals surface area contributed by atoms with Gasteiger partial charge in [0.25, 0.3) is 5.91 Å². The van der Waals surface area contributed by atoms with E-state index in [0.717, 1.165) is 11.3 Å². The topological polar surface area (TPSA) is 146 Å².